The van der Waals surface area contributed by atoms with Gasteiger partial charge in [0.05, 0.1) is 12.2 Å². The van der Waals surface area contributed by atoms with Gasteiger partial charge in [0.25, 0.3) is 5.19 Å². The summed E-state index contributed by atoms with van der Waals surface area (Å²) < 4.78 is 11.6. The van der Waals surface area contributed by atoms with Gasteiger partial charge in [-0.3, -0.25) is 0 Å². The van der Waals surface area contributed by atoms with Crippen LogP contribution in [0.4, 0.5) is 0 Å². The van der Waals surface area contributed by atoms with Gasteiger partial charge in [-0.1, -0.05) is 11.3 Å². The lowest BCUT2D eigenvalue weighted by molar-refractivity contribution is 0.00543. The molecule has 1 aromatic heterocycles. The van der Waals surface area contributed by atoms with Crippen LogP contribution < -0.4 is 4.74 Å². The number of hydrogen-bond donors (Lipinski definition) is 0. The third-order valence-corrected chi connectivity index (χ3v) is 3.40. The molecule has 0 atom stereocenters. The Kier molecular flexibility index (Phi) is 4.34. The van der Waals surface area contributed by atoms with Crippen molar-refractivity contribution in [2.24, 2.45) is 0 Å². The van der Waals surface area contributed by atoms with Crippen molar-refractivity contribution in [3.05, 3.63) is 9.98 Å². The van der Waals surface area contributed by atoms with E-state index < -0.39 is 0 Å². The molecule has 1 aromatic rings. The molecule has 0 N–H and O–H groups in total. The molecule has 0 spiro atoms. The highest BCUT2D eigenvalue weighted by Crippen LogP contribution is 2.22. The van der Waals surface area contributed by atoms with Crippen LogP contribution in [-0.2, 0) is 4.74 Å². The van der Waals surface area contributed by atoms with Crippen LogP contribution in [0.15, 0.2) is 9.98 Å². The molecule has 0 aliphatic heterocycles. The quantitative estimate of drug-likeness (QED) is 0.830. The molecule has 0 saturated heterocycles. The summed E-state index contributed by atoms with van der Waals surface area (Å²) in [5.74, 6) is 0. The second kappa shape index (κ2) is 5.09. The fraction of sp³-hybridized carbons (Fsp3) is 0.667. The molecule has 0 aliphatic rings. The van der Waals surface area contributed by atoms with Crippen molar-refractivity contribution in [3.8, 4) is 5.19 Å². The zero-order valence-corrected chi connectivity index (χ0v) is 10.9. The van der Waals surface area contributed by atoms with Crippen LogP contribution in [0, 0.1) is 0 Å². The molecule has 80 valence electrons. The van der Waals surface area contributed by atoms with Gasteiger partial charge in [-0.25, -0.2) is 0 Å². The number of nitrogens with zero attached hydrogens (tertiary/aromatic N) is 1. The minimum absolute atomic E-state index is 0.130. The van der Waals surface area contributed by atoms with E-state index in [0.717, 1.165) is 11.0 Å². The van der Waals surface area contributed by atoms with Crippen LogP contribution in [-0.4, -0.2) is 24.3 Å². The highest BCUT2D eigenvalue weighted by Gasteiger charge is 2.16. The Morgan fingerprint density at radius 2 is 2.29 bits per heavy atom. The highest BCUT2D eigenvalue weighted by molar-refractivity contribution is 9.10. The zero-order valence-electron chi connectivity index (χ0n) is 8.54. The van der Waals surface area contributed by atoms with E-state index in [4.69, 9.17) is 9.47 Å². The average Bonchev–Trinajstić information content (AvgIpc) is 2.51. The van der Waals surface area contributed by atoms with Crippen molar-refractivity contribution in [2.45, 2.75) is 25.9 Å². The first-order valence-electron chi connectivity index (χ1n) is 4.32. The summed E-state index contributed by atoms with van der Waals surface area (Å²) in [6.45, 7) is 4.70. The highest BCUT2D eigenvalue weighted by atomic mass is 79.9. The first kappa shape index (κ1) is 11.9. The predicted molar refractivity (Wildman–Crippen MR) is 61.0 cm³/mol. The fourth-order valence-electron chi connectivity index (χ4n) is 0.791. The number of rotatable bonds is 5. The van der Waals surface area contributed by atoms with Gasteiger partial charge in [-0.15, -0.1) is 0 Å². The lowest BCUT2D eigenvalue weighted by Crippen LogP contribution is -2.25. The summed E-state index contributed by atoms with van der Waals surface area (Å²) in [6.07, 6.45) is 0.848. The Morgan fingerprint density at radius 3 is 2.79 bits per heavy atom. The molecule has 3 nitrogen and oxygen atoms in total. The molecule has 0 fully saturated rings. The van der Waals surface area contributed by atoms with E-state index in [-0.39, 0.29) is 5.60 Å². The number of methoxy groups -OCH3 is 1. The molecule has 1 heterocycles. The Labute approximate surface area is 96.6 Å². The first-order chi connectivity index (χ1) is 6.53. The van der Waals surface area contributed by atoms with E-state index in [9.17, 15) is 0 Å². The van der Waals surface area contributed by atoms with Crippen molar-refractivity contribution in [3.63, 3.8) is 0 Å². The Morgan fingerprint density at radius 1 is 1.57 bits per heavy atom. The largest absolute Gasteiger partial charge is 0.470 e. The maximum atomic E-state index is 5.46. The lowest BCUT2D eigenvalue weighted by Gasteiger charge is -2.22. The number of ether oxygens (including phenoxy) is 2. The third-order valence-electron chi connectivity index (χ3n) is 1.94. The topological polar surface area (TPSA) is 31.4 Å². The minimum atomic E-state index is -0.130. The molecule has 0 radical (unpaired) electrons. The molecule has 0 aliphatic carbocycles. The van der Waals surface area contributed by atoms with Crippen molar-refractivity contribution in [2.75, 3.05) is 13.7 Å². The lowest BCUT2D eigenvalue weighted by atomic mass is 10.1. The first-order valence-corrected chi connectivity index (χ1v) is 6.00. The van der Waals surface area contributed by atoms with Gasteiger partial charge in [0, 0.05) is 18.9 Å². The van der Waals surface area contributed by atoms with Gasteiger partial charge in [0.2, 0.25) is 0 Å². The Hall–Kier alpha value is -0.130. The number of aromatic nitrogens is 1. The number of hydrogen-bond acceptors (Lipinski definition) is 4. The monoisotopic (exact) mass is 279 g/mol. The van der Waals surface area contributed by atoms with Gasteiger partial charge >= 0.3 is 0 Å². The van der Waals surface area contributed by atoms with Crippen molar-refractivity contribution < 1.29 is 9.47 Å². The van der Waals surface area contributed by atoms with E-state index in [1.165, 1.54) is 11.3 Å². The smallest absolute Gasteiger partial charge is 0.274 e. The van der Waals surface area contributed by atoms with Gasteiger partial charge in [-0.2, -0.15) is 4.98 Å². The summed E-state index contributed by atoms with van der Waals surface area (Å²) >= 11 is 4.76. The van der Waals surface area contributed by atoms with Crippen LogP contribution in [0.2, 0.25) is 0 Å². The van der Waals surface area contributed by atoms with Crippen LogP contribution in [0.3, 0.4) is 0 Å². The Balaban J connectivity index is 2.28. The fourth-order valence-corrected chi connectivity index (χ4v) is 1.90. The van der Waals surface area contributed by atoms with E-state index >= 15 is 0 Å². The zero-order chi connectivity index (χ0) is 10.6. The normalized spacial score (nSPS) is 11.7. The van der Waals surface area contributed by atoms with Gasteiger partial charge < -0.3 is 9.47 Å². The van der Waals surface area contributed by atoms with Gasteiger partial charge in [-0.05, 0) is 29.8 Å². The van der Waals surface area contributed by atoms with Gasteiger partial charge in [0.15, 0.2) is 0 Å². The standard InChI is InChI=1S/C9H14BrNO2S/c1-9(2,12-3)4-5-13-8-11-7(10)6-14-8/h6H,4-5H2,1-3H3. The molecule has 0 aromatic carbocycles. The Bertz CT molecular complexity index is 288. The maximum absolute atomic E-state index is 5.46. The second-order valence-electron chi connectivity index (χ2n) is 3.50. The number of thiazole rings is 1. The summed E-state index contributed by atoms with van der Waals surface area (Å²) in [4.78, 5) is 4.13. The summed E-state index contributed by atoms with van der Waals surface area (Å²) in [5.41, 5.74) is -0.130. The van der Waals surface area contributed by atoms with Crippen molar-refractivity contribution in [1.82, 2.24) is 4.98 Å². The third kappa shape index (κ3) is 3.94. The molecule has 0 saturated carbocycles. The van der Waals surface area contributed by atoms with Crippen LogP contribution in [0.1, 0.15) is 20.3 Å². The van der Waals surface area contributed by atoms with Crippen LogP contribution >= 0.6 is 27.3 Å². The summed E-state index contributed by atoms with van der Waals surface area (Å²) in [5, 5.41) is 2.60. The summed E-state index contributed by atoms with van der Waals surface area (Å²) in [7, 11) is 1.71. The number of halogens is 1. The second-order valence-corrected chi connectivity index (χ2v) is 5.13. The molecular formula is C9H14BrNO2S. The van der Waals surface area contributed by atoms with Crippen molar-refractivity contribution in [1.29, 1.82) is 0 Å². The molecule has 14 heavy (non-hydrogen) atoms. The van der Waals surface area contributed by atoms with Crippen LogP contribution in [0.5, 0.6) is 5.19 Å². The van der Waals surface area contributed by atoms with Crippen LogP contribution in [0.25, 0.3) is 0 Å². The minimum Gasteiger partial charge on any atom is -0.470 e. The molecule has 5 heteroatoms. The SMILES string of the molecule is COC(C)(C)CCOc1nc(Br)cs1. The van der Waals surface area contributed by atoms with E-state index in [2.05, 4.69) is 20.9 Å². The molecule has 1 rings (SSSR count). The van der Waals surface area contributed by atoms with E-state index in [0.29, 0.717) is 11.8 Å². The van der Waals surface area contributed by atoms with Gasteiger partial charge in [0.1, 0.15) is 4.60 Å². The predicted octanol–water partition coefficient (Wildman–Crippen LogP) is 3.10. The summed E-state index contributed by atoms with van der Waals surface area (Å²) in [6, 6.07) is 0. The molecular weight excluding hydrogens is 266 g/mol. The molecule has 0 unspecified atom stereocenters. The van der Waals surface area contributed by atoms with E-state index in [1.807, 2.05) is 19.2 Å². The maximum Gasteiger partial charge on any atom is 0.274 e. The van der Waals surface area contributed by atoms with Crippen molar-refractivity contribution >= 4 is 27.3 Å². The van der Waals surface area contributed by atoms with E-state index in [1.54, 1.807) is 7.11 Å². The molecule has 0 bridgehead atoms. The molecule has 0 amide bonds. The average molecular weight is 280 g/mol.